The number of phenols is 1. The third-order valence-electron chi connectivity index (χ3n) is 3.61. The molecule has 1 aromatic rings. The van der Waals surface area contributed by atoms with E-state index >= 15 is 0 Å². The highest BCUT2D eigenvalue weighted by Gasteiger charge is 2.27. The fraction of sp³-hybridized carbons (Fsp3) is 0.333. The van der Waals surface area contributed by atoms with Gasteiger partial charge in [-0.1, -0.05) is 18.2 Å². The summed E-state index contributed by atoms with van der Waals surface area (Å²) in [6, 6.07) is 6.98. The van der Waals surface area contributed by atoms with Crippen molar-refractivity contribution < 1.29 is 9.90 Å². The molecular weight excluding hydrogens is 286 g/mol. The zero-order chi connectivity index (χ0) is 14.8. The van der Waals surface area contributed by atoms with Crippen LogP contribution >= 0.6 is 11.8 Å². The van der Waals surface area contributed by atoms with Crippen molar-refractivity contribution in [2.75, 3.05) is 33.2 Å². The average molecular weight is 303 g/mol. The maximum atomic E-state index is 12.0. The largest absolute Gasteiger partial charge is 0.507 e. The molecule has 2 aliphatic rings. The average Bonchev–Trinajstić information content (AvgIpc) is 2.83. The van der Waals surface area contributed by atoms with Crippen molar-refractivity contribution >= 4 is 28.9 Å². The Morgan fingerprint density at radius 2 is 1.95 bits per heavy atom. The van der Waals surface area contributed by atoms with E-state index in [-0.39, 0.29) is 11.7 Å². The van der Waals surface area contributed by atoms with Crippen LogP contribution in [0, 0.1) is 0 Å². The maximum absolute atomic E-state index is 12.0. The van der Waals surface area contributed by atoms with Crippen LogP contribution in [0.5, 0.6) is 5.75 Å². The topological polar surface area (TPSA) is 56.1 Å². The second-order valence-corrected chi connectivity index (χ2v) is 6.17. The number of amidine groups is 1. The number of likely N-dealkylation sites (N-methyl/N-ethyl adjacent to an activating group) is 1. The van der Waals surface area contributed by atoms with Crippen molar-refractivity contribution in [2.45, 2.75) is 0 Å². The lowest BCUT2D eigenvalue weighted by atomic mass is 10.2. The molecule has 0 atom stereocenters. The van der Waals surface area contributed by atoms with Crippen LogP contribution in [0.25, 0.3) is 6.08 Å². The number of hydrogen-bond donors (Lipinski definition) is 1. The standard InChI is InChI=1S/C15H17N3O2S/c1-17-6-8-18(9-7-17)15-16-14(20)13(21-15)10-11-4-2-3-5-12(11)19/h2-5,10,19H,6-9H2,1H3. The number of rotatable bonds is 1. The van der Waals surface area contributed by atoms with Crippen LogP contribution in [0.1, 0.15) is 5.56 Å². The number of aromatic hydroxyl groups is 1. The molecule has 110 valence electrons. The Balaban J connectivity index is 1.74. The number of phenolic OH excluding ortho intramolecular Hbond substituents is 1. The Labute approximate surface area is 128 Å². The van der Waals surface area contributed by atoms with Crippen molar-refractivity contribution in [3.63, 3.8) is 0 Å². The SMILES string of the molecule is CN1CCN(C2=NC(=O)C(=Cc3ccccc3O)S2)CC1. The minimum absolute atomic E-state index is 0.173. The van der Waals surface area contributed by atoms with E-state index < -0.39 is 0 Å². The van der Waals surface area contributed by atoms with Gasteiger partial charge in [-0.15, -0.1) is 0 Å². The third-order valence-corrected chi connectivity index (χ3v) is 4.65. The number of carbonyl (C=O) groups is 1. The molecule has 1 aromatic carbocycles. The first-order chi connectivity index (χ1) is 10.1. The number of piperazine rings is 1. The van der Waals surface area contributed by atoms with Gasteiger partial charge in [-0.2, -0.15) is 4.99 Å². The smallest absolute Gasteiger partial charge is 0.286 e. The van der Waals surface area contributed by atoms with Gasteiger partial charge in [-0.3, -0.25) is 4.79 Å². The van der Waals surface area contributed by atoms with Crippen molar-refractivity contribution in [3.8, 4) is 5.75 Å². The third kappa shape index (κ3) is 3.11. The summed E-state index contributed by atoms with van der Waals surface area (Å²) in [5.41, 5.74) is 0.642. The summed E-state index contributed by atoms with van der Waals surface area (Å²) in [5, 5.41) is 10.6. The van der Waals surface area contributed by atoms with E-state index in [9.17, 15) is 9.90 Å². The van der Waals surface area contributed by atoms with Gasteiger partial charge in [0.1, 0.15) is 5.75 Å². The maximum Gasteiger partial charge on any atom is 0.286 e. The molecule has 0 unspecified atom stereocenters. The molecule has 0 radical (unpaired) electrons. The number of nitrogens with zero attached hydrogens (tertiary/aromatic N) is 3. The number of carbonyl (C=O) groups excluding carboxylic acids is 1. The van der Waals surface area contributed by atoms with Crippen molar-refractivity contribution in [3.05, 3.63) is 34.7 Å². The van der Waals surface area contributed by atoms with Crippen LogP contribution in [0.15, 0.2) is 34.2 Å². The quantitative estimate of drug-likeness (QED) is 0.799. The molecule has 0 aliphatic carbocycles. The molecule has 0 saturated carbocycles. The molecule has 5 nitrogen and oxygen atoms in total. The van der Waals surface area contributed by atoms with Gasteiger partial charge in [-0.25, -0.2) is 0 Å². The number of thioether (sulfide) groups is 1. The van der Waals surface area contributed by atoms with Gasteiger partial charge in [0.05, 0.1) is 4.91 Å². The summed E-state index contributed by atoms with van der Waals surface area (Å²) >= 11 is 1.39. The normalized spacial score (nSPS) is 22.0. The predicted molar refractivity (Wildman–Crippen MR) is 85.2 cm³/mol. The Kier molecular flexibility index (Phi) is 3.98. The Bertz CT molecular complexity index is 619. The number of amides is 1. The highest BCUT2D eigenvalue weighted by atomic mass is 32.2. The fourth-order valence-corrected chi connectivity index (χ4v) is 3.24. The lowest BCUT2D eigenvalue weighted by Crippen LogP contribution is -2.46. The lowest BCUT2D eigenvalue weighted by molar-refractivity contribution is -0.113. The monoisotopic (exact) mass is 303 g/mol. The van der Waals surface area contributed by atoms with E-state index in [1.54, 1.807) is 24.3 Å². The first-order valence-electron chi connectivity index (χ1n) is 6.87. The number of para-hydroxylation sites is 1. The van der Waals surface area contributed by atoms with Crippen LogP contribution in [0.2, 0.25) is 0 Å². The predicted octanol–water partition coefficient (Wildman–Crippen LogP) is 1.61. The van der Waals surface area contributed by atoms with Gasteiger partial charge in [0.2, 0.25) is 0 Å². The molecule has 1 N–H and O–H groups in total. The minimum Gasteiger partial charge on any atom is -0.507 e. The van der Waals surface area contributed by atoms with Gasteiger partial charge in [0, 0.05) is 31.7 Å². The second-order valence-electron chi connectivity index (χ2n) is 5.16. The fourth-order valence-electron chi connectivity index (χ4n) is 2.28. The van der Waals surface area contributed by atoms with E-state index in [4.69, 9.17) is 0 Å². The van der Waals surface area contributed by atoms with Crippen LogP contribution < -0.4 is 0 Å². The minimum atomic E-state index is -0.225. The van der Waals surface area contributed by atoms with Gasteiger partial charge >= 0.3 is 0 Å². The van der Waals surface area contributed by atoms with Gasteiger partial charge in [0.15, 0.2) is 5.17 Å². The Morgan fingerprint density at radius 1 is 1.24 bits per heavy atom. The lowest BCUT2D eigenvalue weighted by Gasteiger charge is -2.32. The summed E-state index contributed by atoms with van der Waals surface area (Å²) in [4.78, 5) is 21.1. The van der Waals surface area contributed by atoms with E-state index in [1.165, 1.54) is 11.8 Å². The summed E-state index contributed by atoms with van der Waals surface area (Å²) in [6.07, 6.45) is 1.70. The molecule has 0 aromatic heterocycles. The van der Waals surface area contributed by atoms with E-state index in [2.05, 4.69) is 21.8 Å². The zero-order valence-corrected chi connectivity index (χ0v) is 12.6. The molecule has 0 spiro atoms. The van der Waals surface area contributed by atoms with E-state index in [0.717, 1.165) is 31.3 Å². The summed E-state index contributed by atoms with van der Waals surface area (Å²) in [7, 11) is 2.09. The van der Waals surface area contributed by atoms with E-state index in [0.29, 0.717) is 10.5 Å². The van der Waals surface area contributed by atoms with Gasteiger partial charge < -0.3 is 14.9 Å². The van der Waals surface area contributed by atoms with Crippen LogP contribution in [-0.2, 0) is 4.79 Å². The Morgan fingerprint density at radius 3 is 2.67 bits per heavy atom. The molecule has 2 aliphatic heterocycles. The molecule has 0 bridgehead atoms. The molecule has 1 amide bonds. The summed E-state index contributed by atoms with van der Waals surface area (Å²) in [6.45, 7) is 3.73. The van der Waals surface area contributed by atoms with Crippen molar-refractivity contribution in [2.24, 2.45) is 4.99 Å². The van der Waals surface area contributed by atoms with Gasteiger partial charge in [-0.05, 0) is 31.0 Å². The first-order valence-corrected chi connectivity index (χ1v) is 7.69. The summed E-state index contributed by atoms with van der Waals surface area (Å²) in [5.74, 6) is -0.0522. The highest BCUT2D eigenvalue weighted by Crippen LogP contribution is 2.32. The van der Waals surface area contributed by atoms with Crippen molar-refractivity contribution in [1.82, 2.24) is 9.80 Å². The van der Waals surface area contributed by atoms with Crippen molar-refractivity contribution in [1.29, 1.82) is 0 Å². The molecule has 1 fully saturated rings. The number of aliphatic imine (C=N–C) groups is 1. The molecule has 21 heavy (non-hydrogen) atoms. The summed E-state index contributed by atoms with van der Waals surface area (Å²) < 4.78 is 0. The van der Waals surface area contributed by atoms with E-state index in [1.807, 2.05) is 6.07 Å². The highest BCUT2D eigenvalue weighted by molar-refractivity contribution is 8.18. The van der Waals surface area contributed by atoms with Crippen LogP contribution in [0.3, 0.4) is 0 Å². The van der Waals surface area contributed by atoms with Crippen LogP contribution in [0.4, 0.5) is 0 Å². The molecule has 2 heterocycles. The zero-order valence-electron chi connectivity index (χ0n) is 11.8. The Hall–Kier alpha value is -1.79. The number of benzene rings is 1. The molecule has 3 rings (SSSR count). The van der Waals surface area contributed by atoms with Crippen LogP contribution in [-0.4, -0.2) is 59.2 Å². The second kappa shape index (κ2) is 5.91. The first kappa shape index (κ1) is 14.2. The molecule has 1 saturated heterocycles. The molecule has 6 heteroatoms. The van der Waals surface area contributed by atoms with Gasteiger partial charge in [0.25, 0.3) is 5.91 Å². The molecular formula is C15H17N3O2S. The number of hydrogen-bond acceptors (Lipinski definition) is 5.